The third-order valence-electron chi connectivity index (χ3n) is 1.30. The highest BCUT2D eigenvalue weighted by molar-refractivity contribution is 5.81. The predicted molar refractivity (Wildman–Crippen MR) is 40.8 cm³/mol. The van der Waals surface area contributed by atoms with Crippen LogP contribution in [-0.2, 0) is 0 Å². The monoisotopic (exact) mass is 169 g/mol. The Labute approximate surface area is 67.8 Å². The number of rotatable bonds is 1. The summed E-state index contributed by atoms with van der Waals surface area (Å²) < 4.78 is 0. The van der Waals surface area contributed by atoms with Gasteiger partial charge >= 0.3 is 0 Å². The highest BCUT2D eigenvalue weighted by Gasteiger charge is 2.06. The number of phenolic OH excluding ortho intramolecular Hbond substituents is 3. The van der Waals surface area contributed by atoms with Crippen LogP contribution in [0.2, 0.25) is 0 Å². The fourth-order valence-corrected chi connectivity index (χ4v) is 0.767. The molecule has 0 saturated carbocycles. The Kier molecular flexibility index (Phi) is 2.05. The third kappa shape index (κ3) is 1.39. The van der Waals surface area contributed by atoms with Crippen LogP contribution in [0.1, 0.15) is 5.56 Å². The van der Waals surface area contributed by atoms with Gasteiger partial charge in [0.05, 0.1) is 6.21 Å². The quantitative estimate of drug-likeness (QED) is 0.214. The summed E-state index contributed by atoms with van der Waals surface area (Å²) in [5, 5.41) is 37.6. The molecule has 1 aromatic carbocycles. The highest BCUT2D eigenvalue weighted by atomic mass is 16.4. The zero-order valence-electron chi connectivity index (χ0n) is 5.97. The number of hydrogen-bond donors (Lipinski definition) is 4. The molecule has 0 aliphatic heterocycles. The largest absolute Gasteiger partial charge is 0.504 e. The van der Waals surface area contributed by atoms with E-state index in [0.29, 0.717) is 0 Å². The number of hydrogen-bond acceptors (Lipinski definition) is 5. The Hall–Kier alpha value is -1.91. The molecular formula is C7H7NO4. The van der Waals surface area contributed by atoms with Gasteiger partial charge in [0.2, 0.25) is 0 Å². The van der Waals surface area contributed by atoms with Gasteiger partial charge in [-0.25, -0.2) is 0 Å². The molecule has 1 rings (SSSR count). The van der Waals surface area contributed by atoms with Crippen LogP contribution in [0.25, 0.3) is 0 Å². The number of phenols is 3. The molecule has 0 heterocycles. The van der Waals surface area contributed by atoms with Crippen molar-refractivity contribution in [3.05, 3.63) is 17.7 Å². The van der Waals surface area contributed by atoms with Crippen molar-refractivity contribution in [1.82, 2.24) is 0 Å². The lowest BCUT2D eigenvalue weighted by atomic mass is 10.2. The Morgan fingerprint density at radius 3 is 2.00 bits per heavy atom. The zero-order valence-corrected chi connectivity index (χ0v) is 5.97. The standard InChI is InChI=1S/C7H7NO4/c9-5-1-4(3-8-12)2-6(10)7(5)11/h1-3,9-12H/b8-3+. The fourth-order valence-electron chi connectivity index (χ4n) is 0.767. The molecule has 5 nitrogen and oxygen atoms in total. The van der Waals surface area contributed by atoms with E-state index < -0.39 is 17.2 Å². The maximum Gasteiger partial charge on any atom is 0.200 e. The first-order chi connectivity index (χ1) is 5.65. The van der Waals surface area contributed by atoms with E-state index in [1.54, 1.807) is 0 Å². The van der Waals surface area contributed by atoms with Crippen molar-refractivity contribution in [2.45, 2.75) is 0 Å². The SMILES string of the molecule is O/N=C/c1cc(O)c(O)c(O)c1. The lowest BCUT2D eigenvalue weighted by Crippen LogP contribution is -1.81. The predicted octanol–water partition coefficient (Wildman–Crippen LogP) is 0.611. The third-order valence-corrected chi connectivity index (χ3v) is 1.30. The van der Waals surface area contributed by atoms with Crippen molar-refractivity contribution in [3.63, 3.8) is 0 Å². The first kappa shape index (κ1) is 8.19. The molecule has 1 aromatic rings. The van der Waals surface area contributed by atoms with Crippen LogP contribution in [0.15, 0.2) is 17.3 Å². The van der Waals surface area contributed by atoms with Crippen molar-refractivity contribution in [2.24, 2.45) is 5.16 Å². The average molecular weight is 169 g/mol. The fraction of sp³-hybridized carbons (Fsp3) is 0. The molecule has 12 heavy (non-hydrogen) atoms. The van der Waals surface area contributed by atoms with Gasteiger partial charge in [-0.05, 0) is 12.1 Å². The molecule has 0 amide bonds. The van der Waals surface area contributed by atoms with E-state index in [9.17, 15) is 0 Å². The lowest BCUT2D eigenvalue weighted by molar-refractivity contribution is 0.321. The van der Waals surface area contributed by atoms with E-state index in [1.807, 2.05) is 0 Å². The van der Waals surface area contributed by atoms with Crippen molar-refractivity contribution in [1.29, 1.82) is 0 Å². The molecule has 0 bridgehead atoms. The van der Waals surface area contributed by atoms with E-state index in [4.69, 9.17) is 20.5 Å². The van der Waals surface area contributed by atoms with Gasteiger partial charge in [-0.1, -0.05) is 5.16 Å². The normalized spacial score (nSPS) is 10.7. The van der Waals surface area contributed by atoms with Gasteiger partial charge in [-0.3, -0.25) is 0 Å². The molecule has 0 aromatic heterocycles. The summed E-state index contributed by atoms with van der Waals surface area (Å²) in [5.41, 5.74) is 0.283. The summed E-state index contributed by atoms with van der Waals surface area (Å²) in [6, 6.07) is 2.30. The summed E-state index contributed by atoms with van der Waals surface area (Å²) in [5.74, 6) is -1.53. The number of nitrogens with zero attached hydrogens (tertiary/aromatic N) is 1. The summed E-state index contributed by atoms with van der Waals surface area (Å²) >= 11 is 0. The highest BCUT2D eigenvalue weighted by Crippen LogP contribution is 2.34. The number of aromatic hydroxyl groups is 3. The molecule has 64 valence electrons. The van der Waals surface area contributed by atoms with Crippen molar-refractivity contribution in [3.8, 4) is 17.2 Å². The second-order valence-electron chi connectivity index (χ2n) is 2.15. The molecule has 0 fully saturated rings. The van der Waals surface area contributed by atoms with Gasteiger partial charge in [0.15, 0.2) is 17.2 Å². The molecule has 0 aliphatic carbocycles. The van der Waals surface area contributed by atoms with Crippen molar-refractivity contribution >= 4 is 6.21 Å². The van der Waals surface area contributed by atoms with Gasteiger partial charge < -0.3 is 20.5 Å². The molecule has 0 unspecified atom stereocenters. The molecular weight excluding hydrogens is 162 g/mol. The molecule has 0 aliphatic rings. The van der Waals surface area contributed by atoms with Crippen molar-refractivity contribution < 1.29 is 20.5 Å². The Bertz CT molecular complexity index is 298. The summed E-state index contributed by atoms with van der Waals surface area (Å²) in [6.45, 7) is 0. The molecule has 0 spiro atoms. The summed E-state index contributed by atoms with van der Waals surface area (Å²) in [7, 11) is 0. The van der Waals surface area contributed by atoms with E-state index in [2.05, 4.69) is 5.16 Å². The van der Waals surface area contributed by atoms with Crippen LogP contribution in [0, 0.1) is 0 Å². The Balaban J connectivity index is 3.21. The van der Waals surface area contributed by atoms with E-state index in [1.165, 1.54) is 0 Å². The van der Waals surface area contributed by atoms with E-state index in [0.717, 1.165) is 18.3 Å². The number of benzene rings is 1. The van der Waals surface area contributed by atoms with Crippen LogP contribution in [0.5, 0.6) is 17.2 Å². The van der Waals surface area contributed by atoms with Crippen LogP contribution in [0.3, 0.4) is 0 Å². The minimum Gasteiger partial charge on any atom is -0.504 e. The molecule has 0 saturated heterocycles. The first-order valence-corrected chi connectivity index (χ1v) is 3.07. The molecule has 0 atom stereocenters. The second-order valence-corrected chi connectivity index (χ2v) is 2.15. The van der Waals surface area contributed by atoms with Crippen LogP contribution in [-0.4, -0.2) is 26.7 Å². The van der Waals surface area contributed by atoms with Crippen LogP contribution >= 0.6 is 0 Å². The van der Waals surface area contributed by atoms with Crippen molar-refractivity contribution in [2.75, 3.05) is 0 Å². The van der Waals surface area contributed by atoms with Crippen LogP contribution < -0.4 is 0 Å². The second kappa shape index (κ2) is 3.00. The van der Waals surface area contributed by atoms with Gasteiger partial charge in [-0.2, -0.15) is 0 Å². The molecule has 4 N–H and O–H groups in total. The zero-order chi connectivity index (χ0) is 9.14. The van der Waals surface area contributed by atoms with Gasteiger partial charge in [0.1, 0.15) is 0 Å². The minimum absolute atomic E-state index is 0.283. The molecule has 0 radical (unpaired) electrons. The van der Waals surface area contributed by atoms with Gasteiger partial charge in [0, 0.05) is 5.56 Å². The Morgan fingerprint density at radius 2 is 1.58 bits per heavy atom. The topological polar surface area (TPSA) is 93.3 Å². The smallest absolute Gasteiger partial charge is 0.200 e. The first-order valence-electron chi connectivity index (χ1n) is 3.07. The maximum atomic E-state index is 8.95. The lowest BCUT2D eigenvalue weighted by Gasteiger charge is -2.00. The maximum absolute atomic E-state index is 8.95. The summed E-state index contributed by atoms with van der Waals surface area (Å²) in [4.78, 5) is 0. The Morgan fingerprint density at radius 1 is 1.08 bits per heavy atom. The van der Waals surface area contributed by atoms with E-state index >= 15 is 0 Å². The molecule has 5 heteroatoms. The average Bonchev–Trinajstić information content (AvgIpc) is 2.01. The van der Waals surface area contributed by atoms with Crippen LogP contribution in [0.4, 0.5) is 0 Å². The van der Waals surface area contributed by atoms with Gasteiger partial charge in [-0.15, -0.1) is 0 Å². The minimum atomic E-state index is -0.593. The number of oxime groups is 1. The van der Waals surface area contributed by atoms with Gasteiger partial charge in [0.25, 0.3) is 0 Å². The van der Waals surface area contributed by atoms with E-state index in [-0.39, 0.29) is 5.56 Å². The summed E-state index contributed by atoms with van der Waals surface area (Å²) in [6.07, 6.45) is 1.01.